The molecule has 6 fully saturated rings. The monoisotopic (exact) mass is 1030 g/mol. The van der Waals surface area contributed by atoms with Gasteiger partial charge in [-0.2, -0.15) is 0 Å². The molecule has 11 nitrogen and oxygen atoms in total. The van der Waals surface area contributed by atoms with Crippen molar-refractivity contribution in [1.29, 1.82) is 0 Å². The number of aliphatic hydroxyl groups excluding tert-OH is 2. The number of hydrogen-bond donors (Lipinski definition) is 3. The van der Waals surface area contributed by atoms with Crippen LogP contribution < -0.4 is 5.32 Å². The Hall–Kier alpha value is -2.34. The molecule has 424 valence electrons. The number of fused-ring (bicyclic) bond motifs is 7. The van der Waals surface area contributed by atoms with Crippen LogP contribution in [-0.2, 0) is 23.9 Å². The topological polar surface area (TPSA) is 140 Å². The summed E-state index contributed by atoms with van der Waals surface area (Å²) in [6.07, 6.45) is 15.8. The number of likely N-dealkylation sites (tertiary alicyclic amines) is 1. The van der Waals surface area contributed by atoms with Crippen molar-refractivity contribution in [3.05, 3.63) is 12.2 Å². The maximum absolute atomic E-state index is 14.6. The summed E-state index contributed by atoms with van der Waals surface area (Å²) in [5.74, 6) is 1.54. The summed E-state index contributed by atoms with van der Waals surface area (Å²) in [6.45, 7) is 34.4. The number of amides is 3. The number of carbonyl (C=O) groups excluding carboxylic acids is 4. The van der Waals surface area contributed by atoms with Crippen molar-refractivity contribution in [2.24, 2.45) is 86.3 Å². The Morgan fingerprint density at radius 3 is 2.07 bits per heavy atom. The molecule has 1 heterocycles. The van der Waals surface area contributed by atoms with E-state index in [0.717, 1.165) is 32.1 Å². The Morgan fingerprint density at radius 2 is 1.49 bits per heavy atom. The van der Waals surface area contributed by atoms with Crippen molar-refractivity contribution < 1.29 is 34.1 Å². The van der Waals surface area contributed by atoms with Gasteiger partial charge < -0.3 is 30.1 Å². The molecule has 5 aliphatic carbocycles. The molecule has 6 rings (SSSR count). The minimum atomic E-state index is -0.756. The van der Waals surface area contributed by atoms with E-state index in [9.17, 15) is 29.4 Å². The molecule has 0 aromatic rings. The fourth-order valence-electron chi connectivity index (χ4n) is 19.0. The summed E-state index contributed by atoms with van der Waals surface area (Å²) < 4.78 is 6.15. The summed E-state index contributed by atoms with van der Waals surface area (Å²) in [6, 6.07) is -1.87. The zero-order valence-corrected chi connectivity index (χ0v) is 50.2. The normalized spacial score (nSPS) is 36.4. The molecule has 6 aliphatic rings. The molecule has 3 unspecified atom stereocenters. The van der Waals surface area contributed by atoms with Gasteiger partial charge >= 0.3 is 0 Å². The third-order valence-electron chi connectivity index (χ3n) is 23.7. The van der Waals surface area contributed by atoms with Crippen LogP contribution in [0.4, 0.5) is 0 Å². The van der Waals surface area contributed by atoms with E-state index in [1.54, 1.807) is 19.1 Å². The highest BCUT2D eigenvalue weighted by molar-refractivity contribution is 5.90. The van der Waals surface area contributed by atoms with Crippen LogP contribution in [0.5, 0.6) is 0 Å². The smallest absolute Gasteiger partial charge is 0.245 e. The van der Waals surface area contributed by atoms with Gasteiger partial charge in [0.05, 0.1) is 30.7 Å². The van der Waals surface area contributed by atoms with Crippen molar-refractivity contribution in [3.8, 4) is 0 Å². The number of allylic oxidation sites excluding steroid dienone is 1. The van der Waals surface area contributed by atoms with Gasteiger partial charge in [-0.15, -0.1) is 0 Å². The number of ether oxygens (including phenoxy) is 1. The highest BCUT2D eigenvalue weighted by atomic mass is 16.5. The first kappa shape index (κ1) is 60.9. The van der Waals surface area contributed by atoms with Crippen LogP contribution in [0.1, 0.15) is 199 Å². The second kappa shape index (κ2) is 23.6. The first-order valence-corrected chi connectivity index (χ1v) is 30.1. The number of nitrogens with zero attached hydrogens (tertiary/aromatic N) is 3. The van der Waals surface area contributed by atoms with Gasteiger partial charge in [-0.1, -0.05) is 115 Å². The quantitative estimate of drug-likeness (QED) is 0.0911. The highest BCUT2D eigenvalue weighted by Crippen LogP contribution is 2.78. The molecule has 11 heteroatoms. The maximum atomic E-state index is 14.6. The van der Waals surface area contributed by atoms with Gasteiger partial charge in [0.2, 0.25) is 17.7 Å². The molecule has 1 saturated heterocycles. The van der Waals surface area contributed by atoms with Gasteiger partial charge in [-0.25, -0.2) is 0 Å². The van der Waals surface area contributed by atoms with Crippen LogP contribution in [0.15, 0.2) is 12.2 Å². The first-order valence-electron chi connectivity index (χ1n) is 30.1. The molecule has 0 aromatic carbocycles. The molecule has 3 amide bonds. The molecule has 0 radical (unpaired) electrons. The van der Waals surface area contributed by atoms with Gasteiger partial charge in [0.1, 0.15) is 11.8 Å². The lowest BCUT2D eigenvalue weighted by atomic mass is 9.32. The summed E-state index contributed by atoms with van der Waals surface area (Å²) in [5, 5.41) is 25.4. The van der Waals surface area contributed by atoms with E-state index in [1.807, 2.05) is 58.5 Å². The van der Waals surface area contributed by atoms with E-state index in [0.29, 0.717) is 60.8 Å². The lowest BCUT2D eigenvalue weighted by molar-refractivity contribution is -0.247. The fourth-order valence-corrected chi connectivity index (χ4v) is 19.0. The molecule has 18 atom stereocenters. The van der Waals surface area contributed by atoms with E-state index in [2.05, 4.69) is 60.7 Å². The molecule has 0 spiro atoms. The second-order valence-corrected chi connectivity index (χ2v) is 28.2. The molecule has 0 bridgehead atoms. The predicted octanol–water partition coefficient (Wildman–Crippen LogP) is 11.0. The van der Waals surface area contributed by atoms with Crippen molar-refractivity contribution in [3.63, 3.8) is 0 Å². The number of methoxy groups -OCH3 is 1. The van der Waals surface area contributed by atoms with Crippen LogP contribution in [-0.4, -0.2) is 126 Å². The molecule has 74 heavy (non-hydrogen) atoms. The Labute approximate surface area is 451 Å². The standard InChI is InChI=1S/C63H110N4O7/c1-19-40(7)56(66(17)58(73)54(38(3)4)64-57(72)55(39(5)6)65(15)16)48(74-18)36-52(71)67-35-21-22-46(67)44(37-68)42(9)47(69)25-23-41(8)43-27-32-63(20-2)34-33-61(13)45(53(43)63)24-26-50-60(12)30-29-51(70)59(10,11)49(60)28-31-62(50,61)14/h38-40,42-46,48-51,53-56,68,70H,8,19-37H2,1-7,9-18H3,(H,64,72)/t40-,42+,43-,44+,45?,46?,48+,49-,50?,51-,53+,54-,55-,56-,60-,61+,62+,63+/m0/s1. The predicted molar refractivity (Wildman–Crippen MR) is 299 cm³/mol. The number of hydrogen-bond acceptors (Lipinski definition) is 8. The average Bonchev–Trinajstić information content (AvgIpc) is 3.99. The number of rotatable bonds is 22. The lowest BCUT2D eigenvalue weighted by Gasteiger charge is -2.73. The Bertz CT molecular complexity index is 1980. The minimum Gasteiger partial charge on any atom is -0.396 e. The van der Waals surface area contributed by atoms with E-state index in [4.69, 9.17) is 11.3 Å². The third kappa shape index (κ3) is 10.8. The van der Waals surface area contributed by atoms with Crippen molar-refractivity contribution in [2.75, 3.05) is 41.4 Å². The molecular formula is C63H110N4O7. The van der Waals surface area contributed by atoms with E-state index in [-0.39, 0.29) is 88.1 Å². The van der Waals surface area contributed by atoms with Gasteiger partial charge in [-0.3, -0.25) is 24.1 Å². The largest absolute Gasteiger partial charge is 0.396 e. The van der Waals surface area contributed by atoms with Crippen LogP contribution in [0.3, 0.4) is 0 Å². The Morgan fingerprint density at radius 1 is 0.811 bits per heavy atom. The van der Waals surface area contributed by atoms with E-state index >= 15 is 0 Å². The van der Waals surface area contributed by atoms with E-state index < -0.39 is 36.1 Å². The zero-order chi connectivity index (χ0) is 55.2. The van der Waals surface area contributed by atoms with Crippen LogP contribution >= 0.6 is 0 Å². The SMILES string of the molecule is C=C(CCC(=O)[C@H](C)[C@@H](CO)C1CCCN1C(=O)C[C@@H](OC)[C@H]([C@@H](C)CC)N(C)C(=O)[C@@H](NC(=O)[C@H](C(C)C)N(C)C)C(C)C)[C@@H]1CC[C@]2(CC)CC[C@]3(C)C(CCC4[C@@]5(C)CC[C@H](O)C(C)(C)[C@@H]5CC[C@]43C)[C@@H]12. The highest BCUT2D eigenvalue weighted by Gasteiger charge is 2.70. The van der Waals surface area contributed by atoms with Crippen LogP contribution in [0.25, 0.3) is 0 Å². The van der Waals surface area contributed by atoms with Crippen molar-refractivity contribution in [2.45, 2.75) is 236 Å². The second-order valence-electron chi connectivity index (χ2n) is 28.2. The minimum absolute atomic E-state index is 0.0137. The number of nitrogens with one attached hydrogen (secondary N) is 1. The Balaban J connectivity index is 1.12. The number of aliphatic hydroxyl groups is 2. The third-order valence-corrected chi connectivity index (χ3v) is 23.7. The number of carbonyl (C=O) groups is 4. The number of Topliss-reactive ketones (excluding diaryl/α,β-unsaturated/α-hetero) is 1. The van der Waals surface area contributed by atoms with Gasteiger partial charge in [0.25, 0.3) is 0 Å². The van der Waals surface area contributed by atoms with Crippen molar-refractivity contribution >= 4 is 23.5 Å². The van der Waals surface area contributed by atoms with Gasteiger partial charge in [0.15, 0.2) is 0 Å². The molecule has 1 aliphatic heterocycles. The summed E-state index contributed by atoms with van der Waals surface area (Å²) in [7, 11) is 7.12. The van der Waals surface area contributed by atoms with E-state index in [1.165, 1.54) is 56.9 Å². The van der Waals surface area contributed by atoms with Crippen LogP contribution in [0.2, 0.25) is 0 Å². The molecule has 3 N–H and O–H groups in total. The molecule has 0 aromatic heterocycles. The summed E-state index contributed by atoms with van der Waals surface area (Å²) >= 11 is 0. The molecule has 5 saturated carbocycles. The zero-order valence-electron chi connectivity index (χ0n) is 50.2. The fraction of sp³-hybridized carbons (Fsp3) is 0.905. The average molecular weight is 1040 g/mol. The van der Waals surface area contributed by atoms with Gasteiger partial charge in [0, 0.05) is 51.6 Å². The maximum Gasteiger partial charge on any atom is 0.245 e. The number of likely N-dealkylation sites (N-methyl/N-ethyl adjacent to an activating group) is 2. The summed E-state index contributed by atoms with van der Waals surface area (Å²) in [5.41, 5.74) is 2.27. The summed E-state index contributed by atoms with van der Waals surface area (Å²) in [4.78, 5) is 62.6. The van der Waals surface area contributed by atoms with Crippen molar-refractivity contribution in [1.82, 2.24) is 20.0 Å². The number of ketones is 1. The Kier molecular flexibility index (Phi) is 19.4. The lowest BCUT2D eigenvalue weighted by Crippen LogP contribution is -2.66. The first-order chi connectivity index (χ1) is 34.6. The van der Waals surface area contributed by atoms with Gasteiger partial charge in [-0.05, 0) is 172 Å². The van der Waals surface area contributed by atoms with Crippen LogP contribution in [0, 0.1) is 86.3 Å². The molecular weight excluding hydrogens is 925 g/mol.